The minimum absolute atomic E-state index is 0.279. The van der Waals surface area contributed by atoms with Gasteiger partial charge in [0.1, 0.15) is 11.4 Å². The predicted octanol–water partition coefficient (Wildman–Crippen LogP) is 4.11. The van der Waals surface area contributed by atoms with Gasteiger partial charge in [0.2, 0.25) is 0 Å². The number of hydrogen-bond donors (Lipinski definition) is 1. The van der Waals surface area contributed by atoms with Crippen molar-refractivity contribution in [1.29, 1.82) is 5.26 Å². The van der Waals surface area contributed by atoms with E-state index in [9.17, 15) is 23.2 Å². The summed E-state index contributed by atoms with van der Waals surface area (Å²) < 4.78 is 45.9. The zero-order valence-electron chi connectivity index (χ0n) is 17.0. The summed E-state index contributed by atoms with van der Waals surface area (Å²) in [5.41, 5.74) is 0.962. The van der Waals surface area contributed by atoms with E-state index in [4.69, 9.17) is 4.74 Å². The molecule has 0 aliphatic carbocycles. The molecule has 0 bridgehead atoms. The number of aryl methyl sites for hydroxylation is 1. The lowest BCUT2D eigenvalue weighted by Crippen LogP contribution is -2.32. The number of carbonyl (C=O) groups is 1. The van der Waals surface area contributed by atoms with Crippen molar-refractivity contribution in [3.05, 3.63) is 65.1 Å². The molecule has 1 atom stereocenters. The maximum absolute atomic E-state index is 13.0. The summed E-state index contributed by atoms with van der Waals surface area (Å²) >= 11 is 0. The van der Waals surface area contributed by atoms with Crippen molar-refractivity contribution >= 4 is 5.91 Å². The Morgan fingerprint density at radius 3 is 2.81 bits per heavy atom. The van der Waals surface area contributed by atoms with Crippen molar-refractivity contribution in [3.63, 3.8) is 0 Å². The summed E-state index contributed by atoms with van der Waals surface area (Å²) in [6.45, 7) is 0.594. The fourth-order valence-electron chi connectivity index (χ4n) is 3.67. The van der Waals surface area contributed by atoms with Crippen LogP contribution >= 0.6 is 0 Å². The molecule has 1 unspecified atom stereocenters. The molecule has 1 aliphatic rings. The summed E-state index contributed by atoms with van der Waals surface area (Å²) in [7, 11) is 1.45. The molecule has 7 nitrogen and oxygen atoms in total. The van der Waals surface area contributed by atoms with Crippen molar-refractivity contribution in [1.82, 2.24) is 20.1 Å². The van der Waals surface area contributed by atoms with Crippen LogP contribution in [0.15, 0.2) is 42.6 Å². The number of pyridine rings is 1. The Morgan fingerprint density at radius 2 is 2.09 bits per heavy atom. The Balaban J connectivity index is 1.61. The largest absolute Gasteiger partial charge is 0.497 e. The van der Waals surface area contributed by atoms with E-state index in [1.54, 1.807) is 10.7 Å². The van der Waals surface area contributed by atoms with Gasteiger partial charge in [-0.05, 0) is 49.2 Å². The molecule has 3 aromatic rings. The zero-order valence-corrected chi connectivity index (χ0v) is 17.0. The molecule has 1 N–H and O–H groups in total. The quantitative estimate of drug-likeness (QED) is 0.658. The molecule has 0 saturated heterocycles. The maximum Gasteiger partial charge on any atom is 0.433 e. The molecule has 32 heavy (non-hydrogen) atoms. The number of amides is 1. The van der Waals surface area contributed by atoms with E-state index in [1.807, 2.05) is 6.07 Å². The first kappa shape index (κ1) is 21.4. The molecule has 3 heterocycles. The van der Waals surface area contributed by atoms with Crippen LogP contribution in [0.1, 0.15) is 46.2 Å². The van der Waals surface area contributed by atoms with Crippen LogP contribution in [0.4, 0.5) is 13.2 Å². The second kappa shape index (κ2) is 8.34. The van der Waals surface area contributed by atoms with Crippen LogP contribution in [0.2, 0.25) is 0 Å². The Hall–Kier alpha value is -3.87. The minimum Gasteiger partial charge on any atom is -0.497 e. The molecule has 2 aromatic heterocycles. The third kappa shape index (κ3) is 4.27. The second-order valence-corrected chi connectivity index (χ2v) is 7.34. The smallest absolute Gasteiger partial charge is 0.433 e. The Labute approximate surface area is 181 Å². The van der Waals surface area contributed by atoms with E-state index in [0.717, 1.165) is 18.7 Å². The van der Waals surface area contributed by atoms with Crippen LogP contribution in [0, 0.1) is 11.3 Å². The highest BCUT2D eigenvalue weighted by Crippen LogP contribution is 2.33. The molecule has 0 spiro atoms. The number of methoxy groups -OCH3 is 1. The molecule has 1 aromatic carbocycles. The molecule has 4 rings (SSSR count). The van der Waals surface area contributed by atoms with Crippen molar-refractivity contribution in [2.24, 2.45) is 0 Å². The number of nitrogens with one attached hydrogen (secondary N) is 1. The molecule has 0 saturated carbocycles. The summed E-state index contributed by atoms with van der Waals surface area (Å²) in [4.78, 5) is 16.2. The first-order valence-corrected chi connectivity index (χ1v) is 9.80. The van der Waals surface area contributed by atoms with Crippen molar-refractivity contribution in [2.45, 2.75) is 31.6 Å². The normalized spacial score (nSPS) is 15.5. The van der Waals surface area contributed by atoms with Crippen LogP contribution in [0.3, 0.4) is 0 Å². The number of fused-ring (bicyclic) bond motifs is 1. The van der Waals surface area contributed by atoms with Gasteiger partial charge in [-0.15, -0.1) is 0 Å². The lowest BCUT2D eigenvalue weighted by molar-refractivity contribution is -0.141. The number of benzene rings is 1. The van der Waals surface area contributed by atoms with Gasteiger partial charge < -0.3 is 10.1 Å². The van der Waals surface area contributed by atoms with Crippen molar-refractivity contribution < 1.29 is 22.7 Å². The van der Waals surface area contributed by atoms with Gasteiger partial charge in [0.05, 0.1) is 36.2 Å². The molecule has 0 radical (unpaired) electrons. The Morgan fingerprint density at radius 1 is 1.28 bits per heavy atom. The van der Waals surface area contributed by atoms with Crippen LogP contribution in [-0.2, 0) is 12.7 Å². The van der Waals surface area contributed by atoms with Crippen LogP contribution in [0.25, 0.3) is 11.3 Å². The van der Waals surface area contributed by atoms with Gasteiger partial charge in [-0.1, -0.05) is 0 Å². The first-order chi connectivity index (χ1) is 15.3. The summed E-state index contributed by atoms with van der Waals surface area (Å²) in [6, 6.07) is 10.3. The number of carbonyl (C=O) groups excluding carboxylic acids is 1. The van der Waals surface area contributed by atoms with Gasteiger partial charge in [-0.2, -0.15) is 23.5 Å². The van der Waals surface area contributed by atoms with E-state index < -0.39 is 11.9 Å². The summed E-state index contributed by atoms with van der Waals surface area (Å²) in [5, 5.41) is 16.5. The molecular formula is C22H18F3N5O2. The van der Waals surface area contributed by atoms with Crippen LogP contribution < -0.4 is 10.1 Å². The number of halogens is 3. The van der Waals surface area contributed by atoms with Gasteiger partial charge in [0, 0.05) is 23.9 Å². The molecule has 1 amide bonds. The number of nitrogens with zero attached hydrogens (tertiary/aromatic N) is 4. The monoisotopic (exact) mass is 441 g/mol. The van der Waals surface area contributed by atoms with E-state index >= 15 is 0 Å². The van der Waals surface area contributed by atoms with Crippen LogP contribution in [-0.4, -0.2) is 27.8 Å². The third-order valence-corrected chi connectivity index (χ3v) is 5.22. The van der Waals surface area contributed by atoms with Gasteiger partial charge in [-0.25, -0.2) is 0 Å². The average Bonchev–Trinajstić information content (AvgIpc) is 3.23. The Bertz CT molecular complexity index is 1210. The van der Waals surface area contributed by atoms with Crippen molar-refractivity contribution in [2.75, 3.05) is 7.11 Å². The number of nitriles is 1. The highest BCUT2D eigenvalue weighted by molar-refractivity contribution is 5.95. The topological polar surface area (TPSA) is 92.8 Å². The SMILES string of the molecule is COc1cc(C#N)cc(C(=O)NC2CCCn3nc(-c4ccnc(C(F)(F)F)c4)cc32)c1. The second-order valence-electron chi connectivity index (χ2n) is 7.34. The number of hydrogen-bond acceptors (Lipinski definition) is 5. The fraction of sp³-hybridized carbons (Fsp3) is 0.273. The third-order valence-electron chi connectivity index (χ3n) is 5.22. The summed E-state index contributed by atoms with van der Waals surface area (Å²) in [5.74, 6) is 0.00759. The standard InChI is InChI=1S/C22H18F3N5O2/c1-32-16-8-13(12-26)7-15(9-16)21(31)28-17-3-2-6-30-19(17)11-18(29-30)14-4-5-27-20(10-14)22(23,24)25/h4-5,7-11,17H,2-3,6H2,1H3,(H,28,31). The molecule has 1 aliphatic heterocycles. The molecule has 164 valence electrons. The summed E-state index contributed by atoms with van der Waals surface area (Å²) in [6.07, 6.45) is -2.06. The van der Waals surface area contributed by atoms with E-state index in [-0.39, 0.29) is 17.5 Å². The van der Waals surface area contributed by atoms with Gasteiger partial charge >= 0.3 is 6.18 Å². The minimum atomic E-state index is -4.55. The maximum atomic E-state index is 13.0. The lowest BCUT2D eigenvalue weighted by atomic mass is 10.0. The van der Waals surface area contributed by atoms with Crippen LogP contribution in [0.5, 0.6) is 5.75 Å². The average molecular weight is 441 g/mol. The van der Waals surface area contributed by atoms with E-state index in [0.29, 0.717) is 41.2 Å². The highest BCUT2D eigenvalue weighted by atomic mass is 19.4. The molecular weight excluding hydrogens is 423 g/mol. The van der Waals surface area contributed by atoms with E-state index in [1.165, 1.54) is 31.4 Å². The molecule has 10 heteroatoms. The zero-order chi connectivity index (χ0) is 22.9. The lowest BCUT2D eigenvalue weighted by Gasteiger charge is -2.24. The number of alkyl halides is 3. The number of rotatable bonds is 4. The molecule has 0 fully saturated rings. The predicted molar refractivity (Wildman–Crippen MR) is 108 cm³/mol. The number of aromatic nitrogens is 3. The fourth-order valence-corrected chi connectivity index (χ4v) is 3.67. The Kier molecular flexibility index (Phi) is 5.57. The van der Waals surface area contributed by atoms with Crippen molar-refractivity contribution in [3.8, 4) is 23.1 Å². The van der Waals surface area contributed by atoms with Gasteiger partial charge in [-0.3, -0.25) is 14.5 Å². The van der Waals surface area contributed by atoms with Gasteiger partial charge in [0.25, 0.3) is 5.91 Å². The van der Waals surface area contributed by atoms with Gasteiger partial charge in [0.15, 0.2) is 0 Å². The van der Waals surface area contributed by atoms with E-state index in [2.05, 4.69) is 15.4 Å². The number of ether oxygens (including phenoxy) is 1. The highest BCUT2D eigenvalue weighted by Gasteiger charge is 2.33. The first-order valence-electron chi connectivity index (χ1n) is 9.80.